The molecule has 0 aliphatic heterocycles. The van der Waals surface area contributed by atoms with E-state index in [9.17, 15) is 0 Å². The van der Waals surface area contributed by atoms with Gasteiger partial charge in [-0.25, -0.2) is 0 Å². The molecule has 2 atom stereocenters. The van der Waals surface area contributed by atoms with Crippen molar-refractivity contribution in [3.8, 4) is 0 Å². The normalized spacial score (nSPS) is 87.0. The van der Waals surface area contributed by atoms with Gasteiger partial charge in [0.05, 0.1) is 0 Å². The minimum absolute atomic E-state index is 1.02. The second-order valence-corrected chi connectivity index (χ2v) is 4.70. The minimum atomic E-state index is 1.02. The van der Waals surface area contributed by atoms with Crippen molar-refractivity contribution in [3.63, 3.8) is 0 Å². The van der Waals surface area contributed by atoms with Crippen LogP contribution in [-0.2, 0) is 0 Å². The fourth-order valence-electron chi connectivity index (χ4n) is 4.06. The van der Waals surface area contributed by atoms with Crippen LogP contribution in [0.15, 0.2) is 0 Å². The van der Waals surface area contributed by atoms with Gasteiger partial charge in [-0.05, 0) is 48.3 Å². The molecule has 5 fully saturated rings. The lowest BCUT2D eigenvalue weighted by Crippen LogP contribution is -2.23. The van der Waals surface area contributed by atoms with E-state index in [2.05, 4.69) is 0 Å². The van der Waals surface area contributed by atoms with Crippen molar-refractivity contribution in [2.24, 2.45) is 22.7 Å². The predicted octanol–water partition coefficient (Wildman–Crippen LogP) is 1.81. The second-order valence-electron chi connectivity index (χ2n) is 4.70. The maximum atomic E-state index is 1.66. The Morgan fingerprint density at radius 3 is 1.62 bits per heavy atom. The lowest BCUT2D eigenvalue weighted by molar-refractivity contribution is 0.174. The summed E-state index contributed by atoms with van der Waals surface area (Å²) < 4.78 is 0. The maximum absolute atomic E-state index is 1.66. The SMILES string of the molecule is C1C2[C@H]3CC34CC12C4. The molecule has 0 aromatic carbocycles. The molecule has 5 aliphatic carbocycles. The average molecular weight is 106 g/mol. The number of rotatable bonds is 0. The van der Waals surface area contributed by atoms with Gasteiger partial charge >= 0.3 is 0 Å². The highest BCUT2D eigenvalue weighted by atomic mass is 14.9. The molecule has 0 heterocycles. The van der Waals surface area contributed by atoms with Gasteiger partial charge in [0.2, 0.25) is 0 Å². The summed E-state index contributed by atoms with van der Waals surface area (Å²) in [7, 11) is 0. The third-order valence-corrected chi connectivity index (χ3v) is 4.40. The molecule has 0 amide bonds. The van der Waals surface area contributed by atoms with Crippen LogP contribution in [0.5, 0.6) is 0 Å². The molecule has 2 spiro atoms. The Bertz CT molecular complexity index is 166. The molecule has 5 saturated carbocycles. The summed E-state index contributed by atoms with van der Waals surface area (Å²) in [5.74, 6) is 2.53. The summed E-state index contributed by atoms with van der Waals surface area (Å²) in [5.41, 5.74) is 2.03. The zero-order chi connectivity index (χ0) is 4.98. The summed E-state index contributed by atoms with van der Waals surface area (Å²) in [6.07, 6.45) is 6.60. The van der Waals surface area contributed by atoms with Gasteiger partial charge in [0.1, 0.15) is 0 Å². The van der Waals surface area contributed by atoms with Crippen molar-refractivity contribution in [2.45, 2.75) is 25.7 Å². The third kappa shape index (κ3) is 0.130. The van der Waals surface area contributed by atoms with Gasteiger partial charge in [-0.1, -0.05) is 0 Å². The second kappa shape index (κ2) is 0.521. The fourth-order valence-corrected chi connectivity index (χ4v) is 4.06. The highest BCUT2D eigenvalue weighted by molar-refractivity contribution is 5.36. The van der Waals surface area contributed by atoms with Crippen LogP contribution in [0.25, 0.3) is 0 Å². The van der Waals surface area contributed by atoms with E-state index in [1.165, 1.54) is 11.8 Å². The van der Waals surface area contributed by atoms with E-state index >= 15 is 0 Å². The third-order valence-electron chi connectivity index (χ3n) is 4.40. The van der Waals surface area contributed by atoms with Crippen LogP contribution in [0.2, 0.25) is 0 Å². The molecule has 0 nitrogen and oxygen atoms in total. The molecular formula is C8H10. The lowest BCUT2D eigenvalue weighted by atomic mass is 9.72. The summed E-state index contributed by atoms with van der Waals surface area (Å²) in [6, 6.07) is 0. The van der Waals surface area contributed by atoms with Crippen LogP contribution in [0.3, 0.4) is 0 Å². The van der Waals surface area contributed by atoms with E-state index in [1.54, 1.807) is 25.7 Å². The van der Waals surface area contributed by atoms with Gasteiger partial charge in [-0.15, -0.1) is 0 Å². The lowest BCUT2D eigenvalue weighted by Gasteiger charge is -2.32. The van der Waals surface area contributed by atoms with Crippen molar-refractivity contribution in [2.75, 3.05) is 0 Å². The summed E-state index contributed by atoms with van der Waals surface area (Å²) in [6.45, 7) is 0. The van der Waals surface area contributed by atoms with Crippen molar-refractivity contribution < 1.29 is 0 Å². The van der Waals surface area contributed by atoms with Crippen molar-refractivity contribution in [3.05, 3.63) is 0 Å². The highest BCUT2D eigenvalue weighted by Crippen LogP contribution is 2.95. The Balaban J connectivity index is 2.08. The Hall–Kier alpha value is 0. The molecule has 2 bridgehead atoms. The first-order valence-electron chi connectivity index (χ1n) is 3.85. The Labute approximate surface area is 49.3 Å². The standard InChI is InChI=1S/C8H10/c1-5-6-2-8(6)3-7(1,5)4-8/h5-6H,1-4H2/t5-,6?,7?,8?/m1/s1. The zero-order valence-electron chi connectivity index (χ0n) is 4.98. The van der Waals surface area contributed by atoms with Crippen LogP contribution in [0.1, 0.15) is 25.7 Å². The Morgan fingerprint density at radius 2 is 1.38 bits per heavy atom. The van der Waals surface area contributed by atoms with E-state index in [0.29, 0.717) is 0 Å². The first kappa shape index (κ1) is 3.24. The van der Waals surface area contributed by atoms with Crippen LogP contribution < -0.4 is 0 Å². The molecular weight excluding hydrogens is 96.1 g/mol. The molecule has 0 saturated heterocycles. The van der Waals surface area contributed by atoms with Gasteiger partial charge in [-0.2, -0.15) is 0 Å². The monoisotopic (exact) mass is 106 g/mol. The molecule has 8 heavy (non-hydrogen) atoms. The van der Waals surface area contributed by atoms with E-state index in [1.807, 2.05) is 0 Å². The van der Waals surface area contributed by atoms with Crippen molar-refractivity contribution >= 4 is 0 Å². The number of hydrogen-bond donors (Lipinski definition) is 0. The van der Waals surface area contributed by atoms with Crippen molar-refractivity contribution in [1.29, 1.82) is 0 Å². The van der Waals surface area contributed by atoms with Gasteiger partial charge in [0, 0.05) is 0 Å². The summed E-state index contributed by atoms with van der Waals surface area (Å²) in [5, 5.41) is 0. The minimum Gasteiger partial charge on any atom is -0.0436 e. The van der Waals surface area contributed by atoms with E-state index in [-0.39, 0.29) is 0 Å². The average Bonchev–Trinajstić information content (AvgIpc) is 2.43. The predicted molar refractivity (Wildman–Crippen MR) is 30.3 cm³/mol. The molecule has 0 aromatic heterocycles. The molecule has 5 aliphatic rings. The van der Waals surface area contributed by atoms with E-state index < -0.39 is 0 Å². The van der Waals surface area contributed by atoms with Gasteiger partial charge in [0.15, 0.2) is 0 Å². The Morgan fingerprint density at radius 1 is 0.875 bits per heavy atom. The highest BCUT2D eigenvalue weighted by Gasteiger charge is 2.87. The summed E-state index contributed by atoms with van der Waals surface area (Å²) >= 11 is 0. The molecule has 0 heteroatoms. The largest absolute Gasteiger partial charge is 0.0436 e. The van der Waals surface area contributed by atoms with Crippen LogP contribution >= 0.6 is 0 Å². The van der Waals surface area contributed by atoms with E-state index in [0.717, 1.165) is 10.8 Å². The van der Waals surface area contributed by atoms with Crippen molar-refractivity contribution in [1.82, 2.24) is 0 Å². The van der Waals surface area contributed by atoms with Crippen LogP contribution in [0.4, 0.5) is 0 Å². The molecule has 42 valence electrons. The van der Waals surface area contributed by atoms with E-state index in [4.69, 9.17) is 0 Å². The van der Waals surface area contributed by atoms with Crippen LogP contribution in [-0.4, -0.2) is 0 Å². The van der Waals surface area contributed by atoms with Gasteiger partial charge < -0.3 is 0 Å². The topological polar surface area (TPSA) is 0 Å². The van der Waals surface area contributed by atoms with Gasteiger partial charge in [0.25, 0.3) is 0 Å². The first-order chi connectivity index (χ1) is 3.85. The molecule has 0 radical (unpaired) electrons. The first-order valence-corrected chi connectivity index (χ1v) is 3.85. The molecule has 0 N–H and O–H groups in total. The van der Waals surface area contributed by atoms with Gasteiger partial charge in [-0.3, -0.25) is 0 Å². The van der Waals surface area contributed by atoms with Crippen LogP contribution in [0, 0.1) is 22.7 Å². The fraction of sp³-hybridized carbons (Fsp3) is 1.00. The number of hydrogen-bond acceptors (Lipinski definition) is 0. The molecule has 5 rings (SSSR count). The Kier molecular flexibility index (Phi) is 0.211. The zero-order valence-corrected chi connectivity index (χ0v) is 4.98. The molecule has 1 unspecified atom stereocenters. The smallest absolute Gasteiger partial charge is 0.0252 e. The molecule has 0 aromatic rings. The summed E-state index contributed by atoms with van der Waals surface area (Å²) in [4.78, 5) is 0. The quantitative estimate of drug-likeness (QED) is 0.441. The maximum Gasteiger partial charge on any atom is -0.0252 e.